The summed E-state index contributed by atoms with van der Waals surface area (Å²) in [6, 6.07) is 11.7. The van der Waals surface area contributed by atoms with Crippen molar-refractivity contribution < 1.29 is 9.47 Å². The van der Waals surface area contributed by atoms with Crippen LogP contribution in [-0.2, 0) is 0 Å². The zero-order chi connectivity index (χ0) is 14.8. The Morgan fingerprint density at radius 2 is 1.71 bits per heavy atom. The van der Waals surface area contributed by atoms with Crippen LogP contribution in [0.1, 0.15) is 0 Å². The second kappa shape index (κ2) is 5.92. The standard InChI is InChI=1S/C16H14ClNO2S/c1-19-11-6-12(20-2)8-13(7-11)21-16-9-18-15-5-10(17)3-4-14(15)16/h3-9,18H,1-2H3. The average molecular weight is 320 g/mol. The van der Waals surface area contributed by atoms with E-state index < -0.39 is 0 Å². The van der Waals surface area contributed by atoms with Crippen LogP contribution in [0.2, 0.25) is 5.02 Å². The quantitative estimate of drug-likeness (QED) is 0.735. The highest BCUT2D eigenvalue weighted by Crippen LogP contribution is 2.37. The van der Waals surface area contributed by atoms with Crippen LogP contribution >= 0.6 is 23.4 Å². The number of H-pyrrole nitrogens is 1. The highest BCUT2D eigenvalue weighted by Gasteiger charge is 2.08. The van der Waals surface area contributed by atoms with Gasteiger partial charge in [-0.15, -0.1) is 0 Å². The van der Waals surface area contributed by atoms with E-state index in [1.165, 1.54) is 0 Å². The number of halogens is 1. The predicted octanol–water partition coefficient (Wildman–Crippen LogP) is 4.99. The van der Waals surface area contributed by atoms with Crippen molar-refractivity contribution in [3.05, 3.63) is 47.6 Å². The van der Waals surface area contributed by atoms with Crippen molar-refractivity contribution in [1.82, 2.24) is 4.98 Å². The Hall–Kier alpha value is -1.78. The minimum atomic E-state index is 0.726. The fraction of sp³-hybridized carbons (Fsp3) is 0.125. The lowest BCUT2D eigenvalue weighted by Gasteiger charge is -2.07. The molecule has 0 unspecified atom stereocenters. The maximum absolute atomic E-state index is 6.01. The molecule has 0 saturated heterocycles. The number of nitrogens with one attached hydrogen (secondary N) is 1. The molecule has 3 aromatic rings. The average Bonchev–Trinajstić information content (AvgIpc) is 2.88. The minimum absolute atomic E-state index is 0.726. The summed E-state index contributed by atoms with van der Waals surface area (Å²) in [5, 5.41) is 1.87. The SMILES string of the molecule is COc1cc(OC)cc(Sc2c[nH]c3cc(Cl)ccc23)c1. The van der Waals surface area contributed by atoms with Crippen LogP contribution in [0.4, 0.5) is 0 Å². The van der Waals surface area contributed by atoms with Crippen LogP contribution in [0.25, 0.3) is 10.9 Å². The zero-order valence-electron chi connectivity index (χ0n) is 11.6. The number of hydrogen-bond acceptors (Lipinski definition) is 3. The number of rotatable bonds is 4. The molecule has 1 N–H and O–H groups in total. The molecule has 3 rings (SSSR count). The van der Waals surface area contributed by atoms with Crippen LogP contribution in [-0.4, -0.2) is 19.2 Å². The van der Waals surface area contributed by atoms with Crippen molar-refractivity contribution in [1.29, 1.82) is 0 Å². The van der Waals surface area contributed by atoms with Gasteiger partial charge in [-0.25, -0.2) is 0 Å². The van der Waals surface area contributed by atoms with E-state index in [0.29, 0.717) is 0 Å². The zero-order valence-corrected chi connectivity index (χ0v) is 13.2. The fourth-order valence-electron chi connectivity index (χ4n) is 2.12. The predicted molar refractivity (Wildman–Crippen MR) is 87.0 cm³/mol. The van der Waals surface area contributed by atoms with Gasteiger partial charge in [-0.2, -0.15) is 0 Å². The van der Waals surface area contributed by atoms with Crippen molar-refractivity contribution in [2.45, 2.75) is 9.79 Å². The van der Waals surface area contributed by atoms with Gasteiger partial charge in [-0.05, 0) is 24.3 Å². The summed E-state index contributed by atoms with van der Waals surface area (Å²) in [4.78, 5) is 5.43. The van der Waals surface area contributed by atoms with E-state index in [1.807, 2.05) is 42.6 Å². The first-order chi connectivity index (χ1) is 10.2. The summed E-state index contributed by atoms with van der Waals surface area (Å²) in [7, 11) is 3.30. The van der Waals surface area contributed by atoms with Gasteiger partial charge in [0.25, 0.3) is 0 Å². The van der Waals surface area contributed by atoms with Gasteiger partial charge in [0, 0.05) is 38.0 Å². The second-order valence-corrected chi connectivity index (χ2v) is 6.05. The molecule has 0 aliphatic heterocycles. The molecule has 0 spiro atoms. The van der Waals surface area contributed by atoms with E-state index in [-0.39, 0.29) is 0 Å². The lowest BCUT2D eigenvalue weighted by Crippen LogP contribution is -1.87. The first-order valence-electron chi connectivity index (χ1n) is 6.37. The maximum Gasteiger partial charge on any atom is 0.123 e. The highest BCUT2D eigenvalue weighted by atomic mass is 35.5. The van der Waals surface area contributed by atoms with Crippen molar-refractivity contribution in [3.8, 4) is 11.5 Å². The Labute approximate surface area is 132 Å². The number of fused-ring (bicyclic) bond motifs is 1. The third-order valence-corrected chi connectivity index (χ3v) is 4.42. The molecule has 0 radical (unpaired) electrons. The minimum Gasteiger partial charge on any atom is -0.497 e. The molecule has 1 heterocycles. The molecule has 3 nitrogen and oxygen atoms in total. The topological polar surface area (TPSA) is 34.2 Å². The number of ether oxygens (including phenoxy) is 2. The van der Waals surface area contributed by atoms with Crippen LogP contribution in [0.5, 0.6) is 11.5 Å². The Kier molecular flexibility index (Phi) is 3.99. The Bertz CT molecular complexity index is 763. The smallest absolute Gasteiger partial charge is 0.123 e. The van der Waals surface area contributed by atoms with Crippen molar-refractivity contribution in [2.24, 2.45) is 0 Å². The van der Waals surface area contributed by atoms with Crippen LogP contribution < -0.4 is 9.47 Å². The Balaban J connectivity index is 1.98. The highest BCUT2D eigenvalue weighted by molar-refractivity contribution is 7.99. The van der Waals surface area contributed by atoms with Gasteiger partial charge in [-0.1, -0.05) is 29.4 Å². The monoisotopic (exact) mass is 319 g/mol. The third kappa shape index (κ3) is 2.96. The Morgan fingerprint density at radius 1 is 1.00 bits per heavy atom. The van der Waals surface area contributed by atoms with E-state index in [1.54, 1.807) is 26.0 Å². The van der Waals surface area contributed by atoms with Crippen LogP contribution in [0.3, 0.4) is 0 Å². The largest absolute Gasteiger partial charge is 0.497 e. The first kappa shape index (κ1) is 14.2. The summed E-state index contributed by atoms with van der Waals surface area (Å²) >= 11 is 7.66. The van der Waals surface area contributed by atoms with Crippen LogP contribution in [0, 0.1) is 0 Å². The molecule has 0 saturated carbocycles. The van der Waals surface area contributed by atoms with Gasteiger partial charge < -0.3 is 14.5 Å². The van der Waals surface area contributed by atoms with Crippen molar-refractivity contribution in [2.75, 3.05) is 14.2 Å². The summed E-state index contributed by atoms with van der Waals surface area (Å²) < 4.78 is 10.6. The summed E-state index contributed by atoms with van der Waals surface area (Å²) in [5.74, 6) is 1.56. The van der Waals surface area contributed by atoms with E-state index in [2.05, 4.69) is 4.98 Å². The molecule has 0 amide bonds. The molecule has 1 aromatic heterocycles. The lowest BCUT2D eigenvalue weighted by molar-refractivity contribution is 0.392. The molecule has 0 fully saturated rings. The molecule has 0 bridgehead atoms. The van der Waals surface area contributed by atoms with E-state index in [9.17, 15) is 0 Å². The second-order valence-electron chi connectivity index (χ2n) is 4.49. The number of hydrogen-bond donors (Lipinski definition) is 1. The Morgan fingerprint density at radius 3 is 2.38 bits per heavy atom. The fourth-order valence-corrected chi connectivity index (χ4v) is 3.31. The summed E-state index contributed by atoms with van der Waals surface area (Å²) in [5.41, 5.74) is 1.03. The van der Waals surface area contributed by atoms with E-state index in [0.717, 1.165) is 37.2 Å². The van der Waals surface area contributed by atoms with Gasteiger partial charge in [-0.3, -0.25) is 0 Å². The molecule has 0 atom stereocenters. The van der Waals surface area contributed by atoms with Crippen LogP contribution in [0.15, 0.2) is 52.4 Å². The number of aromatic nitrogens is 1. The van der Waals surface area contributed by atoms with Crippen molar-refractivity contribution in [3.63, 3.8) is 0 Å². The number of methoxy groups -OCH3 is 2. The van der Waals surface area contributed by atoms with Gasteiger partial charge in [0.1, 0.15) is 11.5 Å². The van der Waals surface area contributed by atoms with Gasteiger partial charge in [0.2, 0.25) is 0 Å². The molecular weight excluding hydrogens is 306 g/mol. The van der Waals surface area contributed by atoms with Gasteiger partial charge >= 0.3 is 0 Å². The summed E-state index contributed by atoms with van der Waals surface area (Å²) in [6.45, 7) is 0. The first-order valence-corrected chi connectivity index (χ1v) is 7.56. The maximum atomic E-state index is 6.01. The lowest BCUT2D eigenvalue weighted by atomic mass is 10.2. The number of benzene rings is 2. The molecule has 21 heavy (non-hydrogen) atoms. The molecule has 0 aliphatic rings. The molecular formula is C16H14ClNO2S. The molecule has 0 aliphatic carbocycles. The van der Waals surface area contributed by atoms with Crippen molar-refractivity contribution >= 4 is 34.3 Å². The third-order valence-electron chi connectivity index (χ3n) is 3.16. The molecule has 2 aromatic carbocycles. The normalized spacial score (nSPS) is 10.8. The van der Waals surface area contributed by atoms with E-state index >= 15 is 0 Å². The van der Waals surface area contributed by atoms with E-state index in [4.69, 9.17) is 21.1 Å². The van der Waals surface area contributed by atoms with Gasteiger partial charge in [0.05, 0.1) is 14.2 Å². The van der Waals surface area contributed by atoms with Gasteiger partial charge in [0.15, 0.2) is 0 Å². The molecule has 108 valence electrons. The summed E-state index contributed by atoms with van der Waals surface area (Å²) in [6.07, 6.45) is 1.98. The number of aromatic amines is 1. The molecule has 5 heteroatoms.